The van der Waals surface area contributed by atoms with Crippen LogP contribution in [0, 0.1) is 5.92 Å². The van der Waals surface area contributed by atoms with Crippen molar-refractivity contribution in [2.45, 2.75) is 81.9 Å². The first-order chi connectivity index (χ1) is 12.5. The van der Waals surface area contributed by atoms with Gasteiger partial charge >= 0.3 is 0 Å². The molecule has 1 amide bonds. The predicted molar refractivity (Wildman–Crippen MR) is 107 cm³/mol. The van der Waals surface area contributed by atoms with Crippen LogP contribution in [0.25, 0.3) is 0 Å². The van der Waals surface area contributed by atoms with E-state index in [1.165, 1.54) is 6.42 Å². The summed E-state index contributed by atoms with van der Waals surface area (Å²) < 4.78 is 21.8. The summed E-state index contributed by atoms with van der Waals surface area (Å²) in [4.78, 5) is 13.0. The molecule has 0 bridgehead atoms. The zero-order valence-electron chi connectivity index (χ0n) is 17.1. The Morgan fingerprint density at radius 2 is 1.81 bits per heavy atom. The Hall–Kier alpha value is -0.800. The molecule has 0 saturated heterocycles. The number of carbonyl (C=O) groups excluding carboxylic acids is 1. The first-order valence-corrected chi connectivity index (χ1v) is 10.9. The van der Waals surface area contributed by atoms with E-state index in [-0.39, 0.29) is 11.8 Å². The Balaban J connectivity index is 2.36. The van der Waals surface area contributed by atoms with E-state index in [0.29, 0.717) is 0 Å². The lowest BCUT2D eigenvalue weighted by Gasteiger charge is -2.47. The number of rotatable bonds is 5. The van der Waals surface area contributed by atoms with E-state index in [1.54, 1.807) is 36.3 Å². The second-order valence-corrected chi connectivity index (χ2v) is 10.0. The van der Waals surface area contributed by atoms with E-state index in [4.69, 9.17) is 0 Å². The van der Waals surface area contributed by atoms with Gasteiger partial charge in [0.25, 0.3) is 0 Å². The van der Waals surface area contributed by atoms with Crippen molar-refractivity contribution in [3.63, 3.8) is 0 Å². The standard InChI is InChI=1S/C19H35N3O4S/c1-19(2,3)20-18(24)16-15(27(25)26)12-11-14(22(16)21(4)5)17(23)13-9-7-6-8-10-13/h11-17,23H,6-10H2,1-5H3,(H,20,24)(H,25,26)/t14-,15-,16+,17-/m0/s1. The van der Waals surface area contributed by atoms with Gasteiger partial charge in [-0.15, -0.1) is 0 Å². The fourth-order valence-electron chi connectivity index (χ4n) is 4.18. The highest BCUT2D eigenvalue weighted by atomic mass is 32.2. The summed E-state index contributed by atoms with van der Waals surface area (Å²) in [6, 6.07) is -1.27. The van der Waals surface area contributed by atoms with Gasteiger partial charge in [0.2, 0.25) is 5.91 Å². The van der Waals surface area contributed by atoms with E-state index in [9.17, 15) is 18.7 Å². The van der Waals surface area contributed by atoms with Crippen molar-refractivity contribution in [3.05, 3.63) is 12.2 Å². The van der Waals surface area contributed by atoms with Crippen molar-refractivity contribution in [1.82, 2.24) is 15.3 Å². The van der Waals surface area contributed by atoms with Crippen LogP contribution in [0.5, 0.6) is 0 Å². The third-order valence-electron chi connectivity index (χ3n) is 5.34. The molecule has 1 unspecified atom stereocenters. The van der Waals surface area contributed by atoms with Crippen LogP contribution in [0.4, 0.5) is 0 Å². The monoisotopic (exact) mass is 401 g/mol. The molecule has 7 nitrogen and oxygen atoms in total. The average molecular weight is 402 g/mol. The van der Waals surface area contributed by atoms with Crippen LogP contribution < -0.4 is 5.32 Å². The molecule has 1 saturated carbocycles. The highest BCUT2D eigenvalue weighted by Gasteiger charge is 2.46. The van der Waals surface area contributed by atoms with Crippen LogP contribution in [-0.4, -0.2) is 72.9 Å². The molecule has 156 valence electrons. The highest BCUT2D eigenvalue weighted by molar-refractivity contribution is 7.80. The minimum absolute atomic E-state index is 0.179. The maximum absolute atomic E-state index is 13.0. The summed E-state index contributed by atoms with van der Waals surface area (Å²) >= 11 is -2.20. The van der Waals surface area contributed by atoms with Crippen LogP contribution >= 0.6 is 0 Å². The first kappa shape index (κ1) is 22.5. The van der Waals surface area contributed by atoms with Crippen molar-refractivity contribution in [3.8, 4) is 0 Å². The number of carbonyl (C=O) groups is 1. The van der Waals surface area contributed by atoms with E-state index >= 15 is 0 Å². The normalized spacial score (nSPS) is 30.3. The van der Waals surface area contributed by atoms with Gasteiger partial charge in [-0.1, -0.05) is 31.4 Å². The number of aliphatic hydroxyl groups is 1. The molecule has 27 heavy (non-hydrogen) atoms. The molecule has 0 radical (unpaired) electrons. The molecule has 2 rings (SSSR count). The number of hydrazine groups is 1. The van der Waals surface area contributed by atoms with Gasteiger partial charge in [0, 0.05) is 19.6 Å². The Morgan fingerprint density at radius 3 is 2.30 bits per heavy atom. The van der Waals surface area contributed by atoms with Gasteiger partial charge < -0.3 is 15.0 Å². The molecule has 1 aliphatic carbocycles. The van der Waals surface area contributed by atoms with Crippen LogP contribution in [0.2, 0.25) is 0 Å². The van der Waals surface area contributed by atoms with Crippen molar-refractivity contribution in [2.75, 3.05) is 14.1 Å². The van der Waals surface area contributed by atoms with E-state index < -0.39 is 40.1 Å². The van der Waals surface area contributed by atoms with Gasteiger partial charge in [-0.3, -0.25) is 4.79 Å². The van der Waals surface area contributed by atoms with Gasteiger partial charge in [-0.25, -0.2) is 14.2 Å². The number of nitrogens with one attached hydrogen (secondary N) is 1. The molecule has 5 atom stereocenters. The number of aliphatic hydroxyl groups excluding tert-OH is 1. The molecule has 3 N–H and O–H groups in total. The molecule has 0 aromatic carbocycles. The molecule has 1 aliphatic heterocycles. The number of nitrogens with zero attached hydrogens (tertiary/aromatic N) is 2. The van der Waals surface area contributed by atoms with Crippen molar-refractivity contribution in [1.29, 1.82) is 0 Å². The number of amides is 1. The fraction of sp³-hybridized carbons (Fsp3) is 0.842. The summed E-state index contributed by atoms with van der Waals surface area (Å²) in [6.45, 7) is 5.63. The highest BCUT2D eigenvalue weighted by Crippen LogP contribution is 2.33. The summed E-state index contributed by atoms with van der Waals surface area (Å²) in [5.74, 6) is -0.132. The fourth-order valence-corrected chi connectivity index (χ4v) is 4.88. The number of hydrogen-bond acceptors (Lipinski definition) is 5. The van der Waals surface area contributed by atoms with Crippen LogP contribution in [0.3, 0.4) is 0 Å². The van der Waals surface area contributed by atoms with E-state index in [1.807, 2.05) is 20.8 Å². The lowest BCUT2D eigenvalue weighted by molar-refractivity contribution is -0.144. The maximum Gasteiger partial charge on any atom is 0.240 e. The first-order valence-electron chi connectivity index (χ1n) is 9.76. The maximum atomic E-state index is 13.0. The molecule has 2 aliphatic rings. The Bertz CT molecular complexity index is 570. The SMILES string of the molecule is CN(C)N1[C@H]([C@@H](O)C2CCCCC2)C=C[C@H](S(=O)O)[C@@H]1C(=O)NC(C)(C)C. The summed E-state index contributed by atoms with van der Waals surface area (Å²) in [5, 5.41) is 16.7. The molecule has 8 heteroatoms. The molecule has 1 fully saturated rings. The molecule has 0 aromatic rings. The largest absolute Gasteiger partial charge is 0.391 e. The molecule has 0 aromatic heterocycles. The average Bonchev–Trinajstić information content (AvgIpc) is 2.58. The lowest BCUT2D eigenvalue weighted by atomic mass is 9.81. The minimum Gasteiger partial charge on any atom is -0.391 e. The molecule has 0 spiro atoms. The molecular formula is C19H35N3O4S. The van der Waals surface area contributed by atoms with Gasteiger partial charge in [0.05, 0.1) is 12.1 Å². The third kappa shape index (κ3) is 5.60. The smallest absolute Gasteiger partial charge is 0.240 e. The zero-order valence-corrected chi connectivity index (χ0v) is 17.9. The summed E-state index contributed by atoms with van der Waals surface area (Å²) in [5.41, 5.74) is -0.463. The zero-order chi connectivity index (χ0) is 20.4. The Labute approximate surface area is 165 Å². The van der Waals surface area contributed by atoms with Crippen LogP contribution in [0.15, 0.2) is 12.2 Å². The second kappa shape index (κ2) is 9.13. The summed E-state index contributed by atoms with van der Waals surface area (Å²) in [6.07, 6.45) is 8.15. The Morgan fingerprint density at radius 1 is 1.22 bits per heavy atom. The quantitative estimate of drug-likeness (QED) is 0.478. The van der Waals surface area contributed by atoms with Gasteiger partial charge in [-0.05, 0) is 39.5 Å². The Kier molecular flexibility index (Phi) is 7.61. The second-order valence-electron chi connectivity index (χ2n) is 8.92. The molecule has 1 heterocycles. The summed E-state index contributed by atoms with van der Waals surface area (Å²) in [7, 11) is 3.60. The van der Waals surface area contributed by atoms with Crippen molar-refractivity contribution >= 4 is 17.0 Å². The van der Waals surface area contributed by atoms with Crippen LogP contribution in [0.1, 0.15) is 52.9 Å². The van der Waals surface area contributed by atoms with Crippen LogP contribution in [-0.2, 0) is 15.9 Å². The third-order valence-corrected chi connectivity index (χ3v) is 6.22. The minimum atomic E-state index is -2.20. The van der Waals surface area contributed by atoms with E-state index in [0.717, 1.165) is 25.7 Å². The molecular weight excluding hydrogens is 366 g/mol. The van der Waals surface area contributed by atoms with Gasteiger partial charge in [-0.2, -0.15) is 0 Å². The number of hydrogen-bond donors (Lipinski definition) is 3. The van der Waals surface area contributed by atoms with Crippen molar-refractivity contribution in [2.24, 2.45) is 5.92 Å². The van der Waals surface area contributed by atoms with Crippen molar-refractivity contribution < 1.29 is 18.7 Å². The van der Waals surface area contributed by atoms with Gasteiger partial charge in [0.15, 0.2) is 11.1 Å². The topological polar surface area (TPSA) is 93.1 Å². The lowest BCUT2D eigenvalue weighted by Crippen LogP contribution is -2.66. The predicted octanol–water partition coefficient (Wildman–Crippen LogP) is 1.52. The van der Waals surface area contributed by atoms with Gasteiger partial charge in [0.1, 0.15) is 11.3 Å². The van der Waals surface area contributed by atoms with E-state index in [2.05, 4.69) is 5.32 Å².